The Balaban J connectivity index is 3.85. The van der Waals surface area contributed by atoms with Crippen LogP contribution in [0, 0.1) is 0 Å². The van der Waals surface area contributed by atoms with Crippen molar-refractivity contribution in [2.45, 2.75) is 238 Å². The molecule has 0 aromatic carbocycles. The molecule has 0 rings (SSSR count). The van der Waals surface area contributed by atoms with Crippen molar-refractivity contribution in [3.63, 3.8) is 0 Å². The van der Waals surface area contributed by atoms with E-state index in [0.29, 0.717) is 6.42 Å². The smallest absolute Gasteiger partial charge is 0.462 e. The van der Waals surface area contributed by atoms with E-state index in [1.165, 1.54) is 167 Å². The van der Waals surface area contributed by atoms with Crippen LogP contribution in [0.1, 0.15) is 232 Å². The topological polar surface area (TPSA) is 119 Å². The number of phosphoric acid groups is 1. The van der Waals surface area contributed by atoms with Crippen molar-refractivity contribution >= 4 is 19.8 Å². The molecule has 0 aliphatic carbocycles. The zero-order valence-electron chi connectivity index (χ0n) is 32.8. The van der Waals surface area contributed by atoms with Crippen LogP contribution in [0.5, 0.6) is 0 Å². The van der Waals surface area contributed by atoms with E-state index in [1.54, 1.807) is 0 Å². The SMILES string of the molecule is CCCCCCCCCCCCCCCCCCCC(=O)OC(COC(=O)CCCCCCCCCCCCCCCCC)COP(=O)(O)O. The van der Waals surface area contributed by atoms with Crippen LogP contribution < -0.4 is 0 Å². The maximum Gasteiger partial charge on any atom is 0.469 e. The van der Waals surface area contributed by atoms with Crippen molar-refractivity contribution in [1.82, 2.24) is 0 Å². The summed E-state index contributed by atoms with van der Waals surface area (Å²) in [6, 6.07) is 0. The summed E-state index contributed by atoms with van der Waals surface area (Å²) in [5.41, 5.74) is 0. The molecule has 0 spiro atoms. The van der Waals surface area contributed by atoms with Crippen LogP contribution in [0.3, 0.4) is 0 Å². The van der Waals surface area contributed by atoms with Crippen LogP contribution in [-0.4, -0.2) is 41.0 Å². The summed E-state index contributed by atoms with van der Waals surface area (Å²) in [7, 11) is -4.74. The lowest BCUT2D eigenvalue weighted by Crippen LogP contribution is -2.29. The molecule has 0 aliphatic heterocycles. The highest BCUT2D eigenvalue weighted by molar-refractivity contribution is 7.46. The molecule has 8 nitrogen and oxygen atoms in total. The third-order valence-electron chi connectivity index (χ3n) is 9.63. The summed E-state index contributed by atoms with van der Waals surface area (Å²) in [4.78, 5) is 42.8. The number of ether oxygens (including phenoxy) is 2. The van der Waals surface area contributed by atoms with Crippen LogP contribution in [-0.2, 0) is 28.2 Å². The highest BCUT2D eigenvalue weighted by Gasteiger charge is 2.22. The van der Waals surface area contributed by atoms with Crippen LogP contribution in [0.15, 0.2) is 0 Å². The van der Waals surface area contributed by atoms with Gasteiger partial charge in [0.05, 0.1) is 6.61 Å². The Bertz CT molecular complexity index is 787. The number of hydrogen-bond acceptors (Lipinski definition) is 6. The molecule has 0 bridgehead atoms. The molecule has 0 aromatic heterocycles. The number of carbonyl (C=O) groups excluding carboxylic acids is 2. The van der Waals surface area contributed by atoms with Gasteiger partial charge in [-0.1, -0.05) is 206 Å². The van der Waals surface area contributed by atoms with Crippen molar-refractivity contribution in [2.24, 2.45) is 0 Å². The van der Waals surface area contributed by atoms with Crippen molar-refractivity contribution in [1.29, 1.82) is 0 Å². The van der Waals surface area contributed by atoms with Crippen molar-refractivity contribution in [3.8, 4) is 0 Å². The Morgan fingerprint density at radius 3 is 1.02 bits per heavy atom. The fraction of sp³-hybridized carbons (Fsp3) is 0.951. The van der Waals surface area contributed by atoms with Gasteiger partial charge in [-0.3, -0.25) is 14.1 Å². The van der Waals surface area contributed by atoms with Gasteiger partial charge >= 0.3 is 19.8 Å². The van der Waals surface area contributed by atoms with Gasteiger partial charge in [-0.05, 0) is 12.8 Å². The molecular weight excluding hydrogens is 651 g/mol. The molecule has 2 N–H and O–H groups in total. The predicted octanol–water partition coefficient (Wildman–Crippen LogP) is 12.9. The Labute approximate surface area is 308 Å². The maximum absolute atomic E-state index is 12.4. The highest BCUT2D eigenvalue weighted by Crippen LogP contribution is 2.36. The normalized spacial score (nSPS) is 12.3. The Morgan fingerprint density at radius 1 is 0.440 bits per heavy atom. The van der Waals surface area contributed by atoms with Crippen LogP contribution in [0.25, 0.3) is 0 Å². The van der Waals surface area contributed by atoms with E-state index in [4.69, 9.17) is 19.3 Å². The van der Waals surface area contributed by atoms with E-state index in [9.17, 15) is 14.2 Å². The Kier molecular flexibility index (Phi) is 37.1. The van der Waals surface area contributed by atoms with Crippen LogP contribution in [0.2, 0.25) is 0 Å². The van der Waals surface area contributed by atoms with Crippen molar-refractivity contribution < 1.29 is 37.9 Å². The van der Waals surface area contributed by atoms with E-state index in [0.717, 1.165) is 32.1 Å². The summed E-state index contributed by atoms with van der Waals surface area (Å²) >= 11 is 0. The number of hydrogen-bond donors (Lipinski definition) is 2. The van der Waals surface area contributed by atoms with Crippen LogP contribution in [0.4, 0.5) is 0 Å². The van der Waals surface area contributed by atoms with Gasteiger partial charge in [0, 0.05) is 12.8 Å². The fourth-order valence-corrected chi connectivity index (χ4v) is 6.79. The first-order chi connectivity index (χ1) is 24.3. The average Bonchev–Trinajstić information content (AvgIpc) is 3.08. The molecule has 0 fully saturated rings. The first kappa shape index (κ1) is 49.0. The Hall–Kier alpha value is -0.950. The second-order valence-electron chi connectivity index (χ2n) is 14.7. The minimum Gasteiger partial charge on any atom is -0.462 e. The molecule has 1 atom stereocenters. The first-order valence-electron chi connectivity index (χ1n) is 21.3. The lowest BCUT2D eigenvalue weighted by atomic mass is 10.0. The summed E-state index contributed by atoms with van der Waals surface area (Å²) in [5, 5.41) is 0. The summed E-state index contributed by atoms with van der Waals surface area (Å²) in [6.07, 6.45) is 39.6. The molecule has 0 aliphatic rings. The van der Waals surface area contributed by atoms with E-state index in [1.807, 2.05) is 0 Å². The lowest BCUT2D eigenvalue weighted by Gasteiger charge is -2.18. The average molecular weight is 733 g/mol. The molecule has 0 amide bonds. The van der Waals surface area contributed by atoms with E-state index >= 15 is 0 Å². The standard InChI is InChI=1S/C41H81O8P/c1-3-5-7-9-11-13-15-17-19-20-22-24-26-28-30-32-34-36-41(43)49-39(38-48-50(44,45)46)37-47-40(42)35-33-31-29-27-25-23-21-18-16-14-12-10-8-6-4-2/h39H,3-38H2,1-2H3,(H2,44,45,46). The first-order valence-corrected chi connectivity index (χ1v) is 22.9. The zero-order valence-corrected chi connectivity index (χ0v) is 33.7. The molecule has 0 saturated heterocycles. The van der Waals surface area contributed by atoms with Crippen molar-refractivity contribution in [2.75, 3.05) is 13.2 Å². The molecule has 0 heterocycles. The highest BCUT2D eigenvalue weighted by atomic mass is 31.2. The maximum atomic E-state index is 12.4. The van der Waals surface area contributed by atoms with E-state index in [2.05, 4.69) is 18.4 Å². The van der Waals surface area contributed by atoms with Gasteiger partial charge in [-0.15, -0.1) is 0 Å². The van der Waals surface area contributed by atoms with E-state index in [-0.39, 0.29) is 19.4 Å². The third kappa shape index (κ3) is 39.8. The van der Waals surface area contributed by atoms with Gasteiger partial charge in [0.15, 0.2) is 6.10 Å². The number of rotatable bonds is 40. The molecule has 50 heavy (non-hydrogen) atoms. The quantitative estimate of drug-likeness (QED) is 0.0363. The second kappa shape index (κ2) is 37.8. The molecule has 0 saturated carbocycles. The largest absolute Gasteiger partial charge is 0.469 e. The Morgan fingerprint density at radius 2 is 0.720 bits per heavy atom. The molecular formula is C41H81O8P. The number of phosphoric ester groups is 1. The van der Waals surface area contributed by atoms with Gasteiger partial charge in [0.25, 0.3) is 0 Å². The molecule has 0 radical (unpaired) electrons. The molecule has 1 unspecified atom stereocenters. The van der Waals surface area contributed by atoms with Gasteiger partial charge in [0.2, 0.25) is 0 Å². The predicted molar refractivity (Wildman–Crippen MR) is 207 cm³/mol. The van der Waals surface area contributed by atoms with Gasteiger partial charge < -0.3 is 19.3 Å². The molecule has 9 heteroatoms. The second-order valence-corrected chi connectivity index (χ2v) is 15.9. The zero-order chi connectivity index (χ0) is 36.8. The number of esters is 2. The minimum absolute atomic E-state index is 0.220. The fourth-order valence-electron chi connectivity index (χ4n) is 6.43. The molecule has 298 valence electrons. The van der Waals surface area contributed by atoms with Crippen molar-refractivity contribution in [3.05, 3.63) is 0 Å². The van der Waals surface area contributed by atoms with Gasteiger partial charge in [-0.2, -0.15) is 0 Å². The number of unbranched alkanes of at least 4 members (excludes halogenated alkanes) is 30. The van der Waals surface area contributed by atoms with Gasteiger partial charge in [0.1, 0.15) is 6.61 Å². The monoisotopic (exact) mass is 733 g/mol. The summed E-state index contributed by atoms with van der Waals surface area (Å²) in [6.45, 7) is 3.72. The lowest BCUT2D eigenvalue weighted by molar-refractivity contribution is -0.161. The van der Waals surface area contributed by atoms with Gasteiger partial charge in [-0.25, -0.2) is 4.57 Å². The van der Waals surface area contributed by atoms with E-state index < -0.39 is 32.5 Å². The molecule has 0 aromatic rings. The third-order valence-corrected chi connectivity index (χ3v) is 10.1. The minimum atomic E-state index is -4.74. The summed E-state index contributed by atoms with van der Waals surface area (Å²) in [5.74, 6) is -0.867. The van der Waals surface area contributed by atoms with Crippen LogP contribution >= 0.6 is 7.82 Å². The number of carbonyl (C=O) groups is 2. The summed E-state index contributed by atoms with van der Waals surface area (Å²) < 4.78 is 26.4.